The van der Waals surface area contributed by atoms with E-state index in [9.17, 15) is 0 Å². The molecule has 0 radical (unpaired) electrons. The van der Waals surface area contributed by atoms with Gasteiger partial charge in [0.1, 0.15) is 17.2 Å². The van der Waals surface area contributed by atoms with Crippen LogP contribution in [0.5, 0.6) is 5.75 Å². The van der Waals surface area contributed by atoms with Crippen LogP contribution in [0.25, 0.3) is 11.3 Å². The van der Waals surface area contributed by atoms with Crippen molar-refractivity contribution in [2.24, 2.45) is 11.7 Å². The number of ether oxygens (including phenoxy) is 1. The molecule has 0 spiro atoms. The van der Waals surface area contributed by atoms with E-state index in [1.54, 1.807) is 0 Å². The summed E-state index contributed by atoms with van der Waals surface area (Å²) in [6, 6.07) is 7.88. The van der Waals surface area contributed by atoms with E-state index in [-0.39, 0.29) is 0 Å². The van der Waals surface area contributed by atoms with Crippen LogP contribution in [0, 0.1) is 12.8 Å². The molecule has 2 rings (SSSR count). The smallest absolute Gasteiger partial charge is 0.208 e. The van der Waals surface area contributed by atoms with Crippen LogP contribution in [-0.2, 0) is 6.54 Å². The van der Waals surface area contributed by atoms with Crippen LogP contribution in [-0.4, -0.2) is 11.6 Å². The number of oxazole rings is 1. The van der Waals surface area contributed by atoms with Crippen molar-refractivity contribution in [3.63, 3.8) is 0 Å². The number of nitrogens with zero attached hydrogens (tertiary/aromatic N) is 1. The minimum absolute atomic E-state index is 0.316. The minimum atomic E-state index is 0.316. The Balaban J connectivity index is 2.15. The van der Waals surface area contributed by atoms with E-state index in [1.165, 1.54) is 0 Å². The lowest BCUT2D eigenvalue weighted by Crippen LogP contribution is -2.04. The summed E-state index contributed by atoms with van der Waals surface area (Å²) in [5.74, 6) is 2.74. The number of rotatable bonds is 5. The van der Waals surface area contributed by atoms with E-state index in [4.69, 9.17) is 14.9 Å². The fourth-order valence-corrected chi connectivity index (χ4v) is 1.78. The van der Waals surface area contributed by atoms with Gasteiger partial charge in [0, 0.05) is 5.56 Å². The number of benzene rings is 1. The number of nitrogens with two attached hydrogens (primary N) is 1. The Bertz CT molecular complexity index is 530. The van der Waals surface area contributed by atoms with Crippen LogP contribution < -0.4 is 10.5 Å². The molecule has 0 aliphatic rings. The van der Waals surface area contributed by atoms with Gasteiger partial charge in [0.05, 0.1) is 13.2 Å². The van der Waals surface area contributed by atoms with Crippen molar-refractivity contribution >= 4 is 0 Å². The van der Waals surface area contributed by atoms with E-state index in [2.05, 4.69) is 18.8 Å². The van der Waals surface area contributed by atoms with Gasteiger partial charge in [-0.2, -0.15) is 0 Å². The third kappa shape index (κ3) is 3.35. The highest BCUT2D eigenvalue weighted by molar-refractivity contribution is 5.61. The largest absolute Gasteiger partial charge is 0.493 e. The molecule has 0 aliphatic heterocycles. The zero-order valence-electron chi connectivity index (χ0n) is 11.6. The summed E-state index contributed by atoms with van der Waals surface area (Å²) in [5, 5.41) is 0. The Labute approximate surface area is 113 Å². The van der Waals surface area contributed by atoms with Crippen LogP contribution in [0.2, 0.25) is 0 Å². The first-order valence-corrected chi connectivity index (χ1v) is 6.49. The second-order valence-electron chi connectivity index (χ2n) is 4.95. The van der Waals surface area contributed by atoms with Crippen LogP contribution in [0.1, 0.15) is 25.5 Å². The summed E-state index contributed by atoms with van der Waals surface area (Å²) in [5.41, 5.74) is 7.38. The molecule has 0 saturated carbocycles. The predicted octanol–water partition coefficient (Wildman–Crippen LogP) is 3.14. The highest BCUT2D eigenvalue weighted by atomic mass is 16.5. The maximum atomic E-state index is 5.65. The average molecular weight is 260 g/mol. The van der Waals surface area contributed by atoms with Crippen molar-refractivity contribution in [3.8, 4) is 17.0 Å². The first-order chi connectivity index (χ1) is 9.10. The fraction of sp³-hybridized carbons (Fsp3) is 0.400. The predicted molar refractivity (Wildman–Crippen MR) is 74.9 cm³/mol. The minimum Gasteiger partial charge on any atom is -0.493 e. The van der Waals surface area contributed by atoms with Crippen molar-refractivity contribution in [1.29, 1.82) is 0 Å². The number of aryl methyl sites for hydroxylation is 1. The van der Waals surface area contributed by atoms with Crippen molar-refractivity contribution in [1.82, 2.24) is 4.98 Å². The molecule has 0 saturated heterocycles. The summed E-state index contributed by atoms with van der Waals surface area (Å²) in [4.78, 5) is 4.37. The van der Waals surface area contributed by atoms with Gasteiger partial charge in [-0.25, -0.2) is 4.98 Å². The molecule has 0 atom stereocenters. The van der Waals surface area contributed by atoms with Crippen molar-refractivity contribution < 1.29 is 9.15 Å². The Kier molecular flexibility index (Phi) is 4.22. The Morgan fingerprint density at radius 3 is 2.47 bits per heavy atom. The Hall–Kier alpha value is -1.81. The van der Waals surface area contributed by atoms with E-state index >= 15 is 0 Å². The third-order valence-corrected chi connectivity index (χ3v) is 2.73. The molecule has 102 valence electrons. The van der Waals surface area contributed by atoms with Crippen LogP contribution in [0.3, 0.4) is 0 Å². The molecule has 1 heterocycles. The summed E-state index contributed by atoms with van der Waals surface area (Å²) < 4.78 is 11.1. The van der Waals surface area contributed by atoms with E-state index in [0.717, 1.165) is 29.4 Å². The van der Waals surface area contributed by atoms with Gasteiger partial charge in [-0.05, 0) is 37.1 Å². The highest BCUT2D eigenvalue weighted by Gasteiger charge is 2.10. The first-order valence-electron chi connectivity index (χ1n) is 6.49. The van der Waals surface area contributed by atoms with Crippen molar-refractivity contribution in [2.45, 2.75) is 27.3 Å². The zero-order chi connectivity index (χ0) is 13.8. The third-order valence-electron chi connectivity index (χ3n) is 2.73. The van der Waals surface area contributed by atoms with Gasteiger partial charge in [0.25, 0.3) is 0 Å². The normalized spacial score (nSPS) is 11.0. The first kappa shape index (κ1) is 13.6. The standard InChI is InChI=1S/C15H20N2O2/c1-10(2)9-18-13-6-4-12(5-7-13)15-11(3)19-14(8-16)17-15/h4-7,10H,8-9,16H2,1-3H3. The molecular formula is C15H20N2O2. The Morgan fingerprint density at radius 2 is 1.95 bits per heavy atom. The van der Waals surface area contributed by atoms with Gasteiger partial charge in [0.15, 0.2) is 0 Å². The number of hydrogen-bond acceptors (Lipinski definition) is 4. The van der Waals surface area contributed by atoms with E-state index < -0.39 is 0 Å². The molecule has 0 bridgehead atoms. The lowest BCUT2D eigenvalue weighted by Gasteiger charge is -2.08. The maximum Gasteiger partial charge on any atom is 0.208 e. The number of aromatic nitrogens is 1. The molecule has 1 aromatic heterocycles. The van der Waals surface area contributed by atoms with Gasteiger partial charge in [-0.3, -0.25) is 0 Å². The second-order valence-corrected chi connectivity index (χ2v) is 4.95. The average Bonchev–Trinajstić information content (AvgIpc) is 2.78. The van der Waals surface area contributed by atoms with Crippen LogP contribution in [0.4, 0.5) is 0 Å². The molecule has 0 fully saturated rings. The van der Waals surface area contributed by atoms with Crippen LogP contribution >= 0.6 is 0 Å². The molecule has 2 aromatic rings. The molecule has 4 nitrogen and oxygen atoms in total. The summed E-state index contributed by atoms with van der Waals surface area (Å²) >= 11 is 0. The van der Waals surface area contributed by atoms with Gasteiger partial charge in [0.2, 0.25) is 5.89 Å². The van der Waals surface area contributed by atoms with Crippen LogP contribution in [0.15, 0.2) is 28.7 Å². The number of hydrogen-bond donors (Lipinski definition) is 1. The SMILES string of the molecule is Cc1oc(CN)nc1-c1ccc(OCC(C)C)cc1. The lowest BCUT2D eigenvalue weighted by atomic mass is 10.1. The molecule has 0 unspecified atom stereocenters. The topological polar surface area (TPSA) is 61.3 Å². The summed E-state index contributed by atoms with van der Waals surface area (Å²) in [6.07, 6.45) is 0. The monoisotopic (exact) mass is 260 g/mol. The molecular weight excluding hydrogens is 240 g/mol. The van der Waals surface area contributed by atoms with Gasteiger partial charge in [-0.1, -0.05) is 13.8 Å². The molecule has 4 heteroatoms. The van der Waals surface area contributed by atoms with E-state index in [0.29, 0.717) is 18.4 Å². The van der Waals surface area contributed by atoms with Crippen molar-refractivity contribution in [3.05, 3.63) is 35.9 Å². The molecule has 1 aromatic carbocycles. The Morgan fingerprint density at radius 1 is 1.26 bits per heavy atom. The highest BCUT2D eigenvalue weighted by Crippen LogP contribution is 2.25. The second kappa shape index (κ2) is 5.89. The quantitative estimate of drug-likeness (QED) is 0.897. The zero-order valence-corrected chi connectivity index (χ0v) is 11.6. The van der Waals surface area contributed by atoms with Crippen molar-refractivity contribution in [2.75, 3.05) is 6.61 Å². The summed E-state index contributed by atoms with van der Waals surface area (Å²) in [7, 11) is 0. The molecule has 0 amide bonds. The van der Waals surface area contributed by atoms with Gasteiger partial charge >= 0.3 is 0 Å². The fourth-order valence-electron chi connectivity index (χ4n) is 1.78. The van der Waals surface area contributed by atoms with Gasteiger partial charge in [-0.15, -0.1) is 0 Å². The lowest BCUT2D eigenvalue weighted by molar-refractivity contribution is 0.271. The maximum absolute atomic E-state index is 5.65. The van der Waals surface area contributed by atoms with Gasteiger partial charge < -0.3 is 14.9 Å². The molecule has 19 heavy (non-hydrogen) atoms. The molecule has 2 N–H and O–H groups in total. The summed E-state index contributed by atoms with van der Waals surface area (Å²) in [6.45, 7) is 7.18. The molecule has 0 aliphatic carbocycles. The van der Waals surface area contributed by atoms with E-state index in [1.807, 2.05) is 31.2 Å².